The van der Waals surface area contributed by atoms with Gasteiger partial charge in [-0.05, 0) is 61.3 Å². The lowest BCUT2D eigenvalue weighted by molar-refractivity contribution is -0.296. The van der Waals surface area contributed by atoms with E-state index >= 15 is 0 Å². The van der Waals surface area contributed by atoms with E-state index in [4.69, 9.17) is 0 Å². The quantitative estimate of drug-likeness (QED) is 0.712. The number of amides is 2. The first-order valence-electron chi connectivity index (χ1n) is 8.14. The monoisotopic (exact) mass is 339 g/mol. The molecule has 0 atom stereocenters. The van der Waals surface area contributed by atoms with Gasteiger partial charge in [0.25, 0.3) is 11.8 Å². The number of imide groups is 1. The molecule has 0 radical (unpaired) electrons. The summed E-state index contributed by atoms with van der Waals surface area (Å²) < 4.78 is 0. The van der Waals surface area contributed by atoms with Gasteiger partial charge in [-0.1, -0.05) is 6.58 Å². The van der Waals surface area contributed by atoms with Gasteiger partial charge >= 0.3 is 0 Å². The summed E-state index contributed by atoms with van der Waals surface area (Å²) in [6.07, 6.45) is 0.386. The standard InChI is InChI=1S/C17H29N3O4/c1-11(2)12(21)18-13(22)17(20(24)16(18,7)8)9-14(3,4)19(23)15(5,6)10-17/h23-24H,1,9-10H2,2-8H3. The van der Waals surface area contributed by atoms with Gasteiger partial charge < -0.3 is 10.4 Å². The van der Waals surface area contributed by atoms with Gasteiger partial charge in [-0.25, -0.2) is 0 Å². The Bertz CT molecular complexity index is 591. The van der Waals surface area contributed by atoms with Crippen molar-refractivity contribution in [1.82, 2.24) is 15.0 Å². The Morgan fingerprint density at radius 1 is 1.00 bits per heavy atom. The second kappa shape index (κ2) is 5.11. The molecule has 2 rings (SSSR count). The molecular weight excluding hydrogens is 310 g/mol. The van der Waals surface area contributed by atoms with Crippen molar-refractivity contribution in [2.24, 2.45) is 0 Å². The molecule has 2 saturated heterocycles. The van der Waals surface area contributed by atoms with Gasteiger partial charge in [0.1, 0.15) is 11.2 Å². The number of carbonyl (C=O) groups excluding carboxylic acids is 2. The van der Waals surface area contributed by atoms with Crippen LogP contribution in [0.1, 0.15) is 61.3 Å². The molecule has 7 nitrogen and oxygen atoms in total. The average molecular weight is 339 g/mol. The van der Waals surface area contributed by atoms with Crippen molar-refractivity contribution in [1.29, 1.82) is 0 Å². The minimum absolute atomic E-state index is 0.193. The third kappa shape index (κ3) is 2.34. The smallest absolute Gasteiger partial charge is 0.257 e. The second-order valence-corrected chi connectivity index (χ2v) is 8.85. The van der Waals surface area contributed by atoms with Crippen LogP contribution in [0.2, 0.25) is 0 Å². The second-order valence-electron chi connectivity index (χ2n) is 8.85. The van der Waals surface area contributed by atoms with E-state index in [2.05, 4.69) is 6.58 Å². The Morgan fingerprint density at radius 3 is 1.79 bits per heavy atom. The van der Waals surface area contributed by atoms with Crippen LogP contribution in [-0.4, -0.2) is 59.5 Å². The minimum atomic E-state index is -1.28. The van der Waals surface area contributed by atoms with Gasteiger partial charge in [0.15, 0.2) is 0 Å². The Morgan fingerprint density at radius 2 is 1.42 bits per heavy atom. The highest BCUT2D eigenvalue weighted by Gasteiger charge is 2.68. The summed E-state index contributed by atoms with van der Waals surface area (Å²) in [7, 11) is 0. The lowest BCUT2D eigenvalue weighted by Crippen LogP contribution is -2.69. The maximum Gasteiger partial charge on any atom is 0.257 e. The number of hydroxylamine groups is 4. The summed E-state index contributed by atoms with van der Waals surface area (Å²) in [6.45, 7) is 15.7. The van der Waals surface area contributed by atoms with Crippen LogP contribution < -0.4 is 0 Å². The molecule has 0 aromatic carbocycles. The van der Waals surface area contributed by atoms with Gasteiger partial charge in [0, 0.05) is 16.7 Å². The lowest BCUT2D eigenvalue weighted by atomic mass is 9.70. The van der Waals surface area contributed by atoms with Crippen LogP contribution in [0.4, 0.5) is 0 Å². The molecule has 0 bridgehead atoms. The zero-order chi connectivity index (χ0) is 18.9. The normalized spacial score (nSPS) is 28.4. The van der Waals surface area contributed by atoms with E-state index < -0.39 is 34.1 Å². The summed E-state index contributed by atoms with van der Waals surface area (Å²) in [6, 6.07) is 0. The molecule has 24 heavy (non-hydrogen) atoms. The molecule has 2 aliphatic heterocycles. The number of hydrogen-bond acceptors (Lipinski definition) is 6. The third-order valence-electron chi connectivity index (χ3n) is 5.24. The van der Waals surface area contributed by atoms with Crippen molar-refractivity contribution < 1.29 is 20.0 Å². The van der Waals surface area contributed by atoms with Crippen LogP contribution in [0.3, 0.4) is 0 Å². The summed E-state index contributed by atoms with van der Waals surface area (Å²) in [4.78, 5) is 26.9. The molecular formula is C17H29N3O4. The topological polar surface area (TPSA) is 84.3 Å². The van der Waals surface area contributed by atoms with E-state index in [0.29, 0.717) is 0 Å². The van der Waals surface area contributed by atoms with Crippen molar-refractivity contribution in [3.63, 3.8) is 0 Å². The molecule has 2 aliphatic rings. The average Bonchev–Trinajstić information content (AvgIpc) is 2.54. The summed E-state index contributed by atoms with van der Waals surface area (Å²) in [5.41, 5.74) is -3.74. The first-order chi connectivity index (χ1) is 10.6. The third-order valence-corrected chi connectivity index (χ3v) is 5.24. The Kier molecular flexibility index (Phi) is 4.06. The molecule has 7 heteroatoms. The maximum atomic E-state index is 13.3. The van der Waals surface area contributed by atoms with Crippen LogP contribution >= 0.6 is 0 Å². The first kappa shape index (κ1) is 19.1. The number of rotatable bonds is 1. The fourth-order valence-electron chi connectivity index (χ4n) is 4.46. The van der Waals surface area contributed by atoms with Gasteiger partial charge in [-0.3, -0.25) is 14.5 Å². The highest BCUT2D eigenvalue weighted by Crippen LogP contribution is 2.51. The predicted octanol–water partition coefficient (Wildman–Crippen LogP) is 2.14. The molecule has 136 valence electrons. The van der Waals surface area contributed by atoms with Crippen LogP contribution in [0.25, 0.3) is 0 Å². The molecule has 2 N–H and O–H groups in total. The van der Waals surface area contributed by atoms with Gasteiger partial charge in [0.05, 0.1) is 0 Å². The first-order valence-corrected chi connectivity index (χ1v) is 8.14. The fraction of sp³-hybridized carbons (Fsp3) is 0.765. The highest BCUT2D eigenvalue weighted by atomic mass is 16.5. The molecule has 2 amide bonds. The van der Waals surface area contributed by atoms with Crippen LogP contribution in [-0.2, 0) is 9.59 Å². The fourth-order valence-corrected chi connectivity index (χ4v) is 4.46. The van der Waals surface area contributed by atoms with Crippen molar-refractivity contribution >= 4 is 11.8 Å². The summed E-state index contributed by atoms with van der Waals surface area (Å²) in [5, 5.41) is 23.7. The Balaban J connectivity index is 2.60. The summed E-state index contributed by atoms with van der Waals surface area (Å²) >= 11 is 0. The minimum Gasteiger partial charge on any atom is -0.313 e. The van der Waals surface area contributed by atoms with E-state index in [1.54, 1.807) is 20.8 Å². The zero-order valence-corrected chi connectivity index (χ0v) is 15.7. The largest absolute Gasteiger partial charge is 0.313 e. The van der Waals surface area contributed by atoms with Crippen LogP contribution in [0, 0.1) is 0 Å². The van der Waals surface area contributed by atoms with E-state index in [9.17, 15) is 20.0 Å². The SMILES string of the molecule is C=C(C)C(=O)N1C(=O)C2(CC(C)(C)N(O)C(C)(C)C2)N(O)C1(C)C. The zero-order valence-electron chi connectivity index (χ0n) is 15.7. The molecule has 0 aliphatic carbocycles. The Labute approximate surface area is 143 Å². The summed E-state index contributed by atoms with van der Waals surface area (Å²) in [5.74, 6) is -0.944. The Hall–Kier alpha value is -1.28. The van der Waals surface area contributed by atoms with E-state index in [1.807, 2.05) is 27.7 Å². The van der Waals surface area contributed by atoms with Crippen LogP contribution in [0.5, 0.6) is 0 Å². The molecule has 0 unspecified atom stereocenters. The van der Waals surface area contributed by atoms with Gasteiger partial charge in [-0.15, -0.1) is 0 Å². The van der Waals surface area contributed by atoms with Crippen molar-refractivity contribution in [3.05, 3.63) is 12.2 Å². The van der Waals surface area contributed by atoms with Crippen molar-refractivity contribution in [3.8, 4) is 0 Å². The van der Waals surface area contributed by atoms with E-state index in [-0.39, 0.29) is 18.4 Å². The van der Waals surface area contributed by atoms with E-state index in [1.165, 1.54) is 5.06 Å². The van der Waals surface area contributed by atoms with Gasteiger partial charge in [-0.2, -0.15) is 10.1 Å². The van der Waals surface area contributed by atoms with Crippen molar-refractivity contribution in [2.45, 2.75) is 83.6 Å². The number of hydrogen-bond donors (Lipinski definition) is 2. The molecule has 0 aromatic heterocycles. The highest BCUT2D eigenvalue weighted by molar-refractivity contribution is 6.08. The predicted molar refractivity (Wildman–Crippen MR) is 88.1 cm³/mol. The molecule has 2 heterocycles. The number of nitrogens with zero attached hydrogens (tertiary/aromatic N) is 3. The molecule has 2 fully saturated rings. The van der Waals surface area contributed by atoms with Gasteiger partial charge in [0.2, 0.25) is 0 Å². The number of piperidine rings is 1. The van der Waals surface area contributed by atoms with Crippen molar-refractivity contribution in [2.75, 3.05) is 0 Å². The van der Waals surface area contributed by atoms with Crippen LogP contribution in [0.15, 0.2) is 12.2 Å². The molecule has 1 spiro atoms. The molecule has 0 aromatic rings. The maximum absolute atomic E-state index is 13.3. The lowest BCUT2D eigenvalue weighted by Gasteiger charge is -2.55. The van der Waals surface area contributed by atoms with E-state index in [0.717, 1.165) is 9.96 Å². The number of carbonyl (C=O) groups is 2. The molecule has 0 saturated carbocycles.